The molecule has 0 aliphatic rings. The monoisotopic (exact) mass is 132 g/mol. The van der Waals surface area contributed by atoms with Crippen molar-refractivity contribution < 1.29 is 19.8 Å². The standard InChI is InChI=1S/C2H3O2.CHO2.Al.H/c1-2(3)4;2-1-3;;/h1H2,(H,3,4);(H,2,3);;. The fourth-order valence-corrected chi connectivity index (χ4v) is 0.642. The number of carboxylic acid groups (broad SMARTS) is 2. The summed E-state index contributed by atoms with van der Waals surface area (Å²) in [6.07, 6.45) is 0. The van der Waals surface area contributed by atoms with Crippen LogP contribution < -0.4 is 0 Å². The van der Waals surface area contributed by atoms with E-state index in [4.69, 9.17) is 10.2 Å². The highest BCUT2D eigenvalue weighted by Crippen LogP contribution is 1.77. The van der Waals surface area contributed by atoms with Gasteiger partial charge in [0.05, 0.1) is 0 Å². The molecule has 0 radical (unpaired) electrons. The Kier molecular flexibility index (Phi) is 3.24. The van der Waals surface area contributed by atoms with Gasteiger partial charge in [-0.1, -0.05) is 0 Å². The van der Waals surface area contributed by atoms with Crippen LogP contribution >= 0.6 is 0 Å². The van der Waals surface area contributed by atoms with Gasteiger partial charge in [0, 0.05) is 5.28 Å². The van der Waals surface area contributed by atoms with Crippen molar-refractivity contribution in [1.82, 2.24) is 0 Å². The lowest BCUT2D eigenvalue weighted by atomic mass is 10.8. The average molecular weight is 132 g/mol. The second-order valence-corrected chi connectivity index (χ2v) is 2.89. The summed E-state index contributed by atoms with van der Waals surface area (Å²) in [4.78, 5) is 18.4. The molecule has 0 aromatic carbocycles. The van der Waals surface area contributed by atoms with Crippen molar-refractivity contribution in [3.63, 3.8) is 0 Å². The van der Waals surface area contributed by atoms with Gasteiger partial charge in [0.1, 0.15) is 0 Å². The van der Waals surface area contributed by atoms with Crippen LogP contribution in [0.4, 0.5) is 4.79 Å². The minimum Gasteiger partial charge on any atom is -0.496 e. The molecule has 2 N–H and O–H groups in total. The molecule has 0 heterocycles. The zero-order chi connectivity index (χ0) is 6.57. The van der Waals surface area contributed by atoms with Crippen LogP contribution in [0.5, 0.6) is 0 Å². The molecule has 0 aliphatic carbocycles. The maximum absolute atomic E-state index is 9.70. The average Bonchev–Trinajstić information content (AvgIpc) is 1.61. The van der Waals surface area contributed by atoms with Crippen molar-refractivity contribution in [2.45, 2.75) is 5.28 Å². The first kappa shape index (κ1) is 7.47. The first-order valence-corrected chi connectivity index (χ1v) is 3.77. The summed E-state index contributed by atoms with van der Waals surface area (Å²) in [6, 6.07) is 0. The zero-order valence-corrected chi connectivity index (χ0v) is 5.54. The zero-order valence-electron chi connectivity index (χ0n) is 4.13. The smallest absolute Gasteiger partial charge is 0.422 e. The van der Waals surface area contributed by atoms with Gasteiger partial charge in [-0.05, 0) is 0 Å². The molecular weight excluding hydrogens is 127 g/mol. The summed E-state index contributed by atoms with van der Waals surface area (Å²) < 4.78 is 0. The Balaban J connectivity index is 3.18. The van der Waals surface area contributed by atoms with Crippen LogP contribution in [0.15, 0.2) is 0 Å². The summed E-state index contributed by atoms with van der Waals surface area (Å²) in [5.41, 5.74) is 0. The van der Waals surface area contributed by atoms with Gasteiger partial charge in [-0.15, -0.1) is 0 Å². The molecule has 0 spiro atoms. The molecule has 0 saturated carbocycles. The third-order valence-electron chi connectivity index (χ3n) is 0.553. The molecule has 8 heavy (non-hydrogen) atoms. The minimum atomic E-state index is -1.38. The van der Waals surface area contributed by atoms with Crippen molar-refractivity contribution in [3.05, 3.63) is 0 Å². The fourth-order valence-electron chi connectivity index (χ4n) is 0.214. The van der Waals surface area contributed by atoms with Gasteiger partial charge >= 0.3 is 15.2 Å². The van der Waals surface area contributed by atoms with Crippen LogP contribution in [-0.2, 0) is 4.79 Å². The molecule has 0 aliphatic heterocycles. The predicted molar refractivity (Wildman–Crippen MR) is 27.6 cm³/mol. The fraction of sp³-hybridized carbons (Fsp3) is 0.333. The van der Waals surface area contributed by atoms with E-state index in [-0.39, 0.29) is 5.28 Å². The van der Waals surface area contributed by atoms with E-state index in [0.29, 0.717) is 0 Å². The van der Waals surface area contributed by atoms with E-state index >= 15 is 0 Å². The third kappa shape index (κ3) is 5.47. The second-order valence-electron chi connectivity index (χ2n) is 1.29. The Labute approximate surface area is 51.8 Å². The van der Waals surface area contributed by atoms with Gasteiger partial charge < -0.3 is 10.2 Å². The number of rotatable bonds is 3. The molecule has 4 nitrogen and oxygen atoms in total. The first-order chi connectivity index (χ1) is 3.63. The minimum absolute atomic E-state index is 0.157. The van der Waals surface area contributed by atoms with E-state index in [2.05, 4.69) is 0 Å². The molecule has 0 aromatic heterocycles. The number of hydrogen-bond donors (Lipinski definition) is 2. The predicted octanol–water partition coefficient (Wildman–Crippen LogP) is -0.396. The molecular formula is C3H5AlO4. The Morgan fingerprint density at radius 2 is 1.88 bits per heavy atom. The van der Waals surface area contributed by atoms with Crippen LogP contribution in [0.25, 0.3) is 0 Å². The summed E-state index contributed by atoms with van der Waals surface area (Å²) in [5, 5.41) is 15.7. The van der Waals surface area contributed by atoms with E-state index < -0.39 is 26.0 Å². The van der Waals surface area contributed by atoms with Gasteiger partial charge in [-0.2, -0.15) is 0 Å². The van der Waals surface area contributed by atoms with Crippen LogP contribution in [0.1, 0.15) is 0 Å². The maximum atomic E-state index is 9.70. The summed E-state index contributed by atoms with van der Waals surface area (Å²) in [7, 11) is 0. The number of carbonyl (C=O) groups is 2. The Morgan fingerprint density at radius 1 is 1.38 bits per heavy atom. The third-order valence-corrected chi connectivity index (χ3v) is 1.66. The molecule has 0 unspecified atom stereocenters. The Morgan fingerprint density at radius 3 is 2.00 bits per heavy atom. The quantitative estimate of drug-likeness (QED) is 0.512. The van der Waals surface area contributed by atoms with E-state index in [9.17, 15) is 9.59 Å². The molecule has 44 valence electrons. The lowest BCUT2D eigenvalue weighted by Gasteiger charge is -1.82. The molecule has 0 rings (SSSR count). The van der Waals surface area contributed by atoms with E-state index in [1.165, 1.54) is 0 Å². The van der Waals surface area contributed by atoms with Gasteiger partial charge in [0.2, 0.25) is 0 Å². The molecule has 5 heteroatoms. The lowest BCUT2D eigenvalue weighted by molar-refractivity contribution is -0.134. The van der Waals surface area contributed by atoms with E-state index in [1.807, 2.05) is 0 Å². The lowest BCUT2D eigenvalue weighted by Crippen LogP contribution is -2.09. The summed E-state index contributed by atoms with van der Waals surface area (Å²) in [6.45, 7) is 0. The summed E-state index contributed by atoms with van der Waals surface area (Å²) in [5.74, 6) is -1.01. The molecule has 0 amide bonds. The molecule has 0 saturated heterocycles. The van der Waals surface area contributed by atoms with Crippen molar-refractivity contribution >= 4 is 26.0 Å². The Bertz CT molecular complexity index is 95.9. The van der Waals surface area contributed by atoms with E-state index in [1.54, 1.807) is 0 Å². The second kappa shape index (κ2) is 3.47. The normalized spacial score (nSPS) is 8.00. The number of aliphatic carboxylic acids is 1. The number of hydrogen-bond acceptors (Lipinski definition) is 2. The molecule has 0 fully saturated rings. The van der Waals surface area contributed by atoms with Crippen molar-refractivity contribution in [2.75, 3.05) is 0 Å². The Hall–Kier alpha value is -0.528. The van der Waals surface area contributed by atoms with Gasteiger partial charge in [0.15, 0.2) is 4.83 Å². The highest BCUT2D eigenvalue weighted by atomic mass is 27.1. The van der Waals surface area contributed by atoms with Gasteiger partial charge in [-0.3, -0.25) is 9.59 Å². The van der Waals surface area contributed by atoms with Crippen LogP contribution in [0.3, 0.4) is 0 Å². The van der Waals surface area contributed by atoms with Crippen molar-refractivity contribution in [1.29, 1.82) is 0 Å². The topological polar surface area (TPSA) is 74.6 Å². The summed E-state index contributed by atoms with van der Waals surface area (Å²) >= 11 is -1.38. The highest BCUT2D eigenvalue weighted by molar-refractivity contribution is 6.73. The van der Waals surface area contributed by atoms with Gasteiger partial charge in [-0.25, -0.2) is 0 Å². The van der Waals surface area contributed by atoms with Crippen molar-refractivity contribution in [3.8, 4) is 0 Å². The van der Waals surface area contributed by atoms with Crippen LogP contribution in [0.2, 0.25) is 5.28 Å². The van der Waals surface area contributed by atoms with Gasteiger partial charge in [0.25, 0.3) is 5.97 Å². The van der Waals surface area contributed by atoms with Crippen molar-refractivity contribution in [2.24, 2.45) is 0 Å². The maximum Gasteiger partial charge on any atom is 0.422 e. The number of carboxylic acids is 1. The van der Waals surface area contributed by atoms with E-state index in [0.717, 1.165) is 0 Å². The molecule has 0 bridgehead atoms. The molecule has 0 aromatic rings. The SMILES string of the molecule is O=C(O)[CH2][AlH][C](=O)O. The molecule has 0 atom stereocenters. The highest BCUT2D eigenvalue weighted by Gasteiger charge is 2.06. The first-order valence-electron chi connectivity index (χ1n) is 2.06. The van der Waals surface area contributed by atoms with Crippen LogP contribution in [-0.4, -0.2) is 36.2 Å². The van der Waals surface area contributed by atoms with Crippen LogP contribution in [0, 0.1) is 0 Å². The largest absolute Gasteiger partial charge is 0.496 e.